The number of hydrogen-bond donors (Lipinski definition) is 1. The Balaban J connectivity index is 1.92. The fourth-order valence-corrected chi connectivity index (χ4v) is 2.20. The number of aromatic nitrogens is 1. The van der Waals surface area contributed by atoms with Crippen LogP contribution in [0.3, 0.4) is 0 Å². The molecule has 0 unspecified atom stereocenters. The highest BCUT2D eigenvalue weighted by molar-refractivity contribution is 6.32. The van der Waals surface area contributed by atoms with Gasteiger partial charge in [-0.2, -0.15) is 0 Å². The van der Waals surface area contributed by atoms with Crippen LogP contribution in [0.2, 0.25) is 5.02 Å². The van der Waals surface area contributed by atoms with Crippen molar-refractivity contribution in [1.82, 2.24) is 4.98 Å². The number of nitro groups is 1. The maximum atomic E-state index is 13.7. The predicted octanol–water partition coefficient (Wildman–Crippen LogP) is 4.50. The van der Waals surface area contributed by atoms with Gasteiger partial charge in [-0.25, -0.2) is 9.37 Å². The summed E-state index contributed by atoms with van der Waals surface area (Å²) >= 11 is 5.72. The van der Waals surface area contributed by atoms with Crippen molar-refractivity contribution in [2.24, 2.45) is 4.99 Å². The first-order valence-electron chi connectivity index (χ1n) is 6.88. The zero-order valence-electron chi connectivity index (χ0n) is 12.4. The van der Waals surface area contributed by atoms with E-state index >= 15 is 0 Å². The second-order valence-corrected chi connectivity index (χ2v) is 5.25. The molecule has 1 aromatic heterocycles. The summed E-state index contributed by atoms with van der Waals surface area (Å²) in [5, 5.41) is 20.6. The Bertz CT molecular complexity index is 987. The fraction of sp³-hybridized carbons (Fsp3) is 0. The molecule has 3 rings (SSSR count). The molecule has 2 aromatic carbocycles. The molecule has 0 fully saturated rings. The van der Waals surface area contributed by atoms with Crippen molar-refractivity contribution in [3.8, 4) is 17.4 Å². The third-order valence-corrected chi connectivity index (χ3v) is 3.52. The Morgan fingerprint density at radius 2 is 2.08 bits per heavy atom. The topological polar surface area (TPSA) is 102 Å². The Hall–Kier alpha value is -3.26. The van der Waals surface area contributed by atoms with E-state index in [2.05, 4.69) is 9.98 Å². The molecule has 0 amide bonds. The number of benzene rings is 2. The maximum Gasteiger partial charge on any atom is 0.312 e. The molecule has 0 aliphatic carbocycles. The minimum Gasteiger partial charge on any atom is -0.479 e. The number of oxazole rings is 1. The lowest BCUT2D eigenvalue weighted by Gasteiger charge is -1.96. The van der Waals surface area contributed by atoms with Gasteiger partial charge in [0.2, 0.25) is 5.89 Å². The average Bonchev–Trinajstić information content (AvgIpc) is 2.95. The molecule has 0 radical (unpaired) electrons. The van der Waals surface area contributed by atoms with E-state index in [1.54, 1.807) is 6.07 Å². The molecule has 3 aromatic rings. The van der Waals surface area contributed by atoms with E-state index in [-0.39, 0.29) is 33.5 Å². The lowest BCUT2D eigenvalue weighted by Crippen LogP contribution is -1.88. The molecular weight excluding hydrogens is 353 g/mol. The highest BCUT2D eigenvalue weighted by atomic mass is 35.5. The summed E-state index contributed by atoms with van der Waals surface area (Å²) in [5.41, 5.74) is -0.0332. The van der Waals surface area contributed by atoms with E-state index < -0.39 is 16.7 Å². The van der Waals surface area contributed by atoms with Gasteiger partial charge in [0.05, 0.1) is 22.4 Å². The molecule has 25 heavy (non-hydrogen) atoms. The number of aliphatic imine (C=N–C) groups is 1. The Kier molecular flexibility index (Phi) is 4.44. The Morgan fingerprint density at radius 1 is 1.32 bits per heavy atom. The van der Waals surface area contributed by atoms with Gasteiger partial charge in [0.1, 0.15) is 10.8 Å². The molecule has 7 nitrogen and oxygen atoms in total. The molecule has 1 N–H and O–H groups in total. The largest absolute Gasteiger partial charge is 0.479 e. The molecule has 0 saturated carbocycles. The van der Waals surface area contributed by atoms with Crippen molar-refractivity contribution in [3.05, 3.63) is 69.1 Å². The maximum absolute atomic E-state index is 13.7. The van der Waals surface area contributed by atoms with Crippen LogP contribution in [-0.2, 0) is 0 Å². The summed E-state index contributed by atoms with van der Waals surface area (Å²) in [4.78, 5) is 18.2. The number of hydrogen-bond acceptors (Lipinski definition) is 6. The lowest BCUT2D eigenvalue weighted by atomic mass is 10.2. The highest BCUT2D eigenvalue weighted by Gasteiger charge is 2.16. The highest BCUT2D eigenvalue weighted by Crippen LogP contribution is 2.30. The molecule has 126 valence electrons. The van der Waals surface area contributed by atoms with Crippen molar-refractivity contribution in [2.45, 2.75) is 0 Å². The molecule has 9 heteroatoms. The van der Waals surface area contributed by atoms with Gasteiger partial charge < -0.3 is 9.52 Å². The summed E-state index contributed by atoms with van der Waals surface area (Å²) in [6.07, 6.45) is 1.15. The summed E-state index contributed by atoms with van der Waals surface area (Å²) in [5.74, 6) is -1.22. The molecule has 0 aliphatic rings. The first-order valence-corrected chi connectivity index (χ1v) is 7.26. The van der Waals surface area contributed by atoms with Crippen LogP contribution in [0.5, 0.6) is 5.95 Å². The van der Waals surface area contributed by atoms with Gasteiger partial charge in [0.25, 0.3) is 5.69 Å². The zero-order chi connectivity index (χ0) is 18.0. The van der Waals surface area contributed by atoms with Crippen LogP contribution >= 0.6 is 11.6 Å². The smallest absolute Gasteiger partial charge is 0.312 e. The van der Waals surface area contributed by atoms with Crippen LogP contribution < -0.4 is 0 Å². The quantitative estimate of drug-likeness (QED) is 0.419. The molecule has 0 spiro atoms. The van der Waals surface area contributed by atoms with Crippen molar-refractivity contribution < 1.29 is 18.8 Å². The number of nitro benzene ring substituents is 1. The number of halogens is 2. The molecule has 0 bridgehead atoms. The molecule has 1 heterocycles. The fourth-order valence-electron chi connectivity index (χ4n) is 2.01. The van der Waals surface area contributed by atoms with Crippen LogP contribution in [-0.4, -0.2) is 21.2 Å². The van der Waals surface area contributed by atoms with E-state index in [4.69, 9.17) is 16.0 Å². The van der Waals surface area contributed by atoms with Gasteiger partial charge in [-0.1, -0.05) is 23.7 Å². The minimum absolute atomic E-state index is 0.0185. The monoisotopic (exact) mass is 361 g/mol. The van der Waals surface area contributed by atoms with E-state index in [1.165, 1.54) is 36.4 Å². The van der Waals surface area contributed by atoms with Gasteiger partial charge in [-0.05, 0) is 24.3 Å². The van der Waals surface area contributed by atoms with E-state index in [1.807, 2.05) is 0 Å². The molecular formula is C16H9ClFN3O4. The zero-order valence-corrected chi connectivity index (χ0v) is 13.1. The van der Waals surface area contributed by atoms with Crippen LogP contribution in [0.4, 0.5) is 15.8 Å². The van der Waals surface area contributed by atoms with Crippen LogP contribution in [0, 0.1) is 15.9 Å². The second-order valence-electron chi connectivity index (χ2n) is 4.84. The van der Waals surface area contributed by atoms with E-state index in [0.717, 1.165) is 6.21 Å². The number of nitrogens with zero attached hydrogens (tertiary/aromatic N) is 3. The first kappa shape index (κ1) is 16.6. The second kappa shape index (κ2) is 6.70. The van der Waals surface area contributed by atoms with Gasteiger partial charge in [-0.15, -0.1) is 0 Å². The standard InChI is InChI=1S/C16H9ClFN3O4/c17-11-6-5-9(7-14(11)21(23)24)19-8-13-16(22)25-15(20-13)10-3-1-2-4-12(10)18/h1-8,22H. The van der Waals surface area contributed by atoms with Crippen molar-refractivity contribution in [1.29, 1.82) is 0 Å². The summed E-state index contributed by atoms with van der Waals surface area (Å²) in [7, 11) is 0. The van der Waals surface area contributed by atoms with Crippen molar-refractivity contribution >= 4 is 29.2 Å². The van der Waals surface area contributed by atoms with E-state index in [0.29, 0.717) is 0 Å². The third-order valence-electron chi connectivity index (χ3n) is 3.20. The van der Waals surface area contributed by atoms with Gasteiger partial charge in [-0.3, -0.25) is 15.1 Å². The van der Waals surface area contributed by atoms with Crippen LogP contribution in [0.15, 0.2) is 51.9 Å². The SMILES string of the molecule is O=[N+]([O-])c1cc(N=Cc2nc(-c3ccccc3F)oc2O)ccc1Cl. The predicted molar refractivity (Wildman–Crippen MR) is 88.9 cm³/mol. The van der Waals surface area contributed by atoms with Crippen molar-refractivity contribution in [2.75, 3.05) is 0 Å². The summed E-state index contributed by atoms with van der Waals surface area (Å²) < 4.78 is 18.8. The van der Waals surface area contributed by atoms with Crippen molar-refractivity contribution in [3.63, 3.8) is 0 Å². The minimum atomic E-state index is -0.634. The first-order chi connectivity index (χ1) is 12.0. The Morgan fingerprint density at radius 3 is 2.80 bits per heavy atom. The van der Waals surface area contributed by atoms with Gasteiger partial charge >= 0.3 is 5.95 Å². The van der Waals surface area contributed by atoms with Gasteiger partial charge in [0, 0.05) is 6.07 Å². The number of rotatable bonds is 4. The van der Waals surface area contributed by atoms with E-state index in [9.17, 15) is 19.6 Å². The average molecular weight is 362 g/mol. The van der Waals surface area contributed by atoms with Gasteiger partial charge in [0.15, 0.2) is 5.69 Å². The molecule has 0 aliphatic heterocycles. The van der Waals surface area contributed by atoms with Crippen LogP contribution in [0.1, 0.15) is 5.69 Å². The summed E-state index contributed by atoms with van der Waals surface area (Å²) in [6, 6.07) is 9.76. The Labute approximate surface area is 145 Å². The third kappa shape index (κ3) is 3.48. The normalized spacial score (nSPS) is 11.1. The van der Waals surface area contributed by atoms with Crippen LogP contribution in [0.25, 0.3) is 11.5 Å². The lowest BCUT2D eigenvalue weighted by molar-refractivity contribution is -0.384. The molecule has 0 atom stereocenters. The molecule has 0 saturated heterocycles. The summed E-state index contributed by atoms with van der Waals surface area (Å²) in [6.45, 7) is 0. The number of aromatic hydroxyl groups is 1.